The highest BCUT2D eigenvalue weighted by atomic mass is 16.3. The number of hydrogen-bond donors (Lipinski definition) is 1. The molecule has 1 nitrogen and oxygen atoms in total. The Balaban J connectivity index is 2.96. The van der Waals surface area contributed by atoms with E-state index in [1.165, 1.54) is 5.56 Å². The largest absolute Gasteiger partial charge is 0.389 e. The molecule has 1 aromatic carbocycles. The van der Waals surface area contributed by atoms with Crippen LogP contribution >= 0.6 is 0 Å². The summed E-state index contributed by atoms with van der Waals surface area (Å²) in [6, 6.07) is 8.11. The van der Waals surface area contributed by atoms with Gasteiger partial charge >= 0.3 is 0 Å². The van der Waals surface area contributed by atoms with Gasteiger partial charge in [-0.25, -0.2) is 0 Å². The molecule has 0 radical (unpaired) electrons. The van der Waals surface area contributed by atoms with Gasteiger partial charge in [0.25, 0.3) is 0 Å². The van der Waals surface area contributed by atoms with Crippen molar-refractivity contribution in [2.45, 2.75) is 32.8 Å². The van der Waals surface area contributed by atoms with Crippen molar-refractivity contribution in [3.8, 4) is 0 Å². The second-order valence-electron chi connectivity index (χ2n) is 3.50. The molecule has 0 aliphatic rings. The Kier molecular flexibility index (Phi) is 2.88. The van der Waals surface area contributed by atoms with Crippen LogP contribution in [0, 0.1) is 0 Å². The summed E-state index contributed by atoms with van der Waals surface area (Å²) in [5, 5.41) is 9.33. The maximum atomic E-state index is 9.33. The molecule has 0 aliphatic carbocycles. The Bertz CT molecular complexity index is 228. The van der Waals surface area contributed by atoms with Crippen LogP contribution in [0.5, 0.6) is 0 Å². The molecule has 1 heteroatoms. The highest BCUT2D eigenvalue weighted by Gasteiger charge is 2.03. The van der Waals surface area contributed by atoms with Gasteiger partial charge in [0.2, 0.25) is 0 Å². The number of benzene rings is 1. The predicted molar refractivity (Wildman–Crippen MR) is 51.2 cm³/mol. The zero-order valence-corrected chi connectivity index (χ0v) is 7.91. The van der Waals surface area contributed by atoms with Crippen molar-refractivity contribution in [1.29, 1.82) is 0 Å². The average Bonchev–Trinajstić information content (AvgIpc) is 2.04. The van der Waals surface area contributed by atoms with Crippen LogP contribution in [0.25, 0.3) is 0 Å². The van der Waals surface area contributed by atoms with Crippen LogP contribution in [0.4, 0.5) is 0 Å². The summed E-state index contributed by atoms with van der Waals surface area (Å²) in [7, 11) is 0. The van der Waals surface area contributed by atoms with E-state index >= 15 is 0 Å². The highest BCUT2D eigenvalue weighted by Crippen LogP contribution is 2.19. The maximum absolute atomic E-state index is 9.33. The van der Waals surface area contributed by atoms with E-state index in [0.29, 0.717) is 5.92 Å². The van der Waals surface area contributed by atoms with Crippen LogP contribution in [0.1, 0.15) is 43.9 Å². The van der Waals surface area contributed by atoms with Crippen LogP contribution in [-0.2, 0) is 0 Å². The van der Waals surface area contributed by atoms with E-state index in [2.05, 4.69) is 26.0 Å². The first-order valence-electron chi connectivity index (χ1n) is 4.39. The third-order valence-corrected chi connectivity index (χ3v) is 2.06. The van der Waals surface area contributed by atoms with Gasteiger partial charge in [-0.2, -0.15) is 0 Å². The van der Waals surface area contributed by atoms with Gasteiger partial charge < -0.3 is 5.11 Å². The first-order chi connectivity index (χ1) is 5.61. The van der Waals surface area contributed by atoms with Crippen LogP contribution in [0.3, 0.4) is 0 Å². The van der Waals surface area contributed by atoms with E-state index in [9.17, 15) is 5.11 Å². The quantitative estimate of drug-likeness (QED) is 0.712. The second-order valence-corrected chi connectivity index (χ2v) is 3.50. The maximum Gasteiger partial charge on any atom is 0.0762 e. The van der Waals surface area contributed by atoms with Gasteiger partial charge in [-0.15, -0.1) is 0 Å². The number of aliphatic hydroxyl groups is 1. The fourth-order valence-electron chi connectivity index (χ4n) is 1.18. The van der Waals surface area contributed by atoms with E-state index in [4.69, 9.17) is 0 Å². The Morgan fingerprint density at radius 3 is 2.17 bits per heavy atom. The molecular formula is C11H16O. The van der Waals surface area contributed by atoms with Crippen LogP contribution in [0.15, 0.2) is 24.3 Å². The molecule has 0 saturated heterocycles. The molecule has 12 heavy (non-hydrogen) atoms. The molecule has 0 saturated carbocycles. The van der Waals surface area contributed by atoms with Gasteiger partial charge in [0, 0.05) is 0 Å². The van der Waals surface area contributed by atoms with Gasteiger partial charge in [-0.1, -0.05) is 38.1 Å². The zero-order valence-electron chi connectivity index (χ0n) is 7.91. The standard InChI is InChI=1S/C11H16O/c1-8(2)10-5-4-6-11(7-10)9(3)12/h4-9,12H,1-3H3/t9-/m1/s1. The van der Waals surface area contributed by atoms with Gasteiger partial charge in [0.05, 0.1) is 6.10 Å². The molecule has 0 aliphatic heterocycles. The van der Waals surface area contributed by atoms with Crippen LogP contribution in [-0.4, -0.2) is 5.11 Å². The Morgan fingerprint density at radius 2 is 1.67 bits per heavy atom. The minimum atomic E-state index is -0.358. The minimum Gasteiger partial charge on any atom is -0.389 e. The second kappa shape index (κ2) is 3.72. The molecule has 0 unspecified atom stereocenters. The fourth-order valence-corrected chi connectivity index (χ4v) is 1.18. The van der Waals surface area contributed by atoms with Crippen molar-refractivity contribution in [3.63, 3.8) is 0 Å². The molecule has 1 aromatic rings. The summed E-state index contributed by atoms with van der Waals surface area (Å²) >= 11 is 0. The third-order valence-electron chi connectivity index (χ3n) is 2.06. The van der Waals surface area contributed by atoms with Crippen LogP contribution < -0.4 is 0 Å². The number of rotatable bonds is 2. The van der Waals surface area contributed by atoms with Crippen molar-refractivity contribution in [2.24, 2.45) is 0 Å². The highest BCUT2D eigenvalue weighted by molar-refractivity contribution is 5.26. The lowest BCUT2D eigenvalue weighted by Crippen LogP contribution is -1.93. The van der Waals surface area contributed by atoms with E-state index < -0.39 is 0 Å². The fraction of sp³-hybridized carbons (Fsp3) is 0.455. The summed E-state index contributed by atoms with van der Waals surface area (Å²) in [6.45, 7) is 6.10. The molecule has 1 atom stereocenters. The molecule has 0 heterocycles. The average molecular weight is 164 g/mol. The van der Waals surface area contributed by atoms with E-state index in [0.717, 1.165) is 5.56 Å². The molecule has 0 bridgehead atoms. The lowest BCUT2D eigenvalue weighted by molar-refractivity contribution is 0.199. The van der Waals surface area contributed by atoms with Crippen molar-refractivity contribution in [1.82, 2.24) is 0 Å². The summed E-state index contributed by atoms with van der Waals surface area (Å²) < 4.78 is 0. The monoisotopic (exact) mass is 164 g/mol. The first kappa shape index (κ1) is 9.27. The molecular weight excluding hydrogens is 148 g/mol. The number of hydrogen-bond acceptors (Lipinski definition) is 1. The summed E-state index contributed by atoms with van der Waals surface area (Å²) in [5.74, 6) is 0.531. The van der Waals surface area contributed by atoms with Gasteiger partial charge in [0.1, 0.15) is 0 Å². The summed E-state index contributed by atoms with van der Waals surface area (Å²) in [5.41, 5.74) is 2.29. The van der Waals surface area contributed by atoms with Crippen molar-refractivity contribution in [3.05, 3.63) is 35.4 Å². The Labute approximate surface area is 74.1 Å². The normalized spacial score (nSPS) is 13.4. The van der Waals surface area contributed by atoms with E-state index in [1.807, 2.05) is 12.1 Å². The smallest absolute Gasteiger partial charge is 0.0762 e. The SMILES string of the molecule is CC(C)c1cccc([C@@H](C)O)c1. The van der Waals surface area contributed by atoms with Crippen LogP contribution in [0.2, 0.25) is 0 Å². The lowest BCUT2D eigenvalue weighted by Gasteiger charge is -2.09. The van der Waals surface area contributed by atoms with Gasteiger partial charge in [-0.05, 0) is 24.0 Å². The zero-order chi connectivity index (χ0) is 9.14. The summed E-state index contributed by atoms with van der Waals surface area (Å²) in [4.78, 5) is 0. The van der Waals surface area contributed by atoms with E-state index in [1.54, 1.807) is 6.92 Å². The van der Waals surface area contributed by atoms with Gasteiger partial charge in [0.15, 0.2) is 0 Å². The van der Waals surface area contributed by atoms with Crippen molar-refractivity contribution in [2.75, 3.05) is 0 Å². The molecule has 0 amide bonds. The molecule has 0 spiro atoms. The summed E-state index contributed by atoms with van der Waals surface area (Å²) in [6.07, 6.45) is -0.358. The van der Waals surface area contributed by atoms with Crippen molar-refractivity contribution >= 4 is 0 Å². The van der Waals surface area contributed by atoms with E-state index in [-0.39, 0.29) is 6.10 Å². The minimum absolute atomic E-state index is 0.358. The molecule has 0 aromatic heterocycles. The third kappa shape index (κ3) is 2.08. The molecule has 0 fully saturated rings. The lowest BCUT2D eigenvalue weighted by atomic mass is 9.99. The van der Waals surface area contributed by atoms with Crippen molar-refractivity contribution < 1.29 is 5.11 Å². The molecule has 1 rings (SSSR count). The van der Waals surface area contributed by atoms with Gasteiger partial charge in [-0.3, -0.25) is 0 Å². The Hall–Kier alpha value is -0.820. The topological polar surface area (TPSA) is 20.2 Å². The Morgan fingerprint density at radius 1 is 1.08 bits per heavy atom. The molecule has 1 N–H and O–H groups in total. The molecule has 66 valence electrons. The number of aliphatic hydroxyl groups excluding tert-OH is 1. The predicted octanol–water partition coefficient (Wildman–Crippen LogP) is 2.86. The first-order valence-corrected chi connectivity index (χ1v) is 4.39.